The van der Waals surface area contributed by atoms with Crippen molar-refractivity contribution in [3.8, 4) is 0 Å². The highest BCUT2D eigenvalue weighted by atomic mass is 16.5. The molecule has 0 radical (unpaired) electrons. The van der Waals surface area contributed by atoms with E-state index in [1.165, 1.54) is 0 Å². The van der Waals surface area contributed by atoms with Crippen LogP contribution < -0.4 is 0 Å². The highest BCUT2D eigenvalue weighted by Gasteiger charge is 2.26. The number of aliphatic hydroxyl groups excluding tert-OH is 1. The second kappa shape index (κ2) is 8.12. The zero-order chi connectivity index (χ0) is 15.1. The summed E-state index contributed by atoms with van der Waals surface area (Å²) in [7, 11) is 0. The Morgan fingerprint density at radius 3 is 2.62 bits per heavy atom. The minimum Gasteiger partial charge on any atom is -0.395 e. The van der Waals surface area contributed by atoms with Gasteiger partial charge in [-0.1, -0.05) is 30.3 Å². The maximum atomic E-state index is 12.6. The van der Waals surface area contributed by atoms with Gasteiger partial charge in [0.25, 0.3) is 0 Å². The van der Waals surface area contributed by atoms with Crippen molar-refractivity contribution in [3.63, 3.8) is 0 Å². The number of hydrogen-bond acceptors (Lipinski definition) is 4. The van der Waals surface area contributed by atoms with Gasteiger partial charge in [0.2, 0.25) is 5.91 Å². The fourth-order valence-corrected chi connectivity index (χ4v) is 2.56. The summed E-state index contributed by atoms with van der Waals surface area (Å²) in [6.07, 6.45) is 0. The van der Waals surface area contributed by atoms with Crippen molar-refractivity contribution in [3.05, 3.63) is 35.9 Å². The molecule has 0 aromatic heterocycles. The topological polar surface area (TPSA) is 53.0 Å². The summed E-state index contributed by atoms with van der Waals surface area (Å²) in [5.74, 6) is 0.114. The van der Waals surface area contributed by atoms with Gasteiger partial charge in [-0.05, 0) is 12.5 Å². The number of nitrogens with zero attached hydrogens (tertiary/aromatic N) is 2. The van der Waals surface area contributed by atoms with Crippen molar-refractivity contribution in [1.82, 2.24) is 9.80 Å². The molecule has 1 amide bonds. The number of carbonyl (C=O) groups excluding carboxylic acids is 1. The second-order valence-corrected chi connectivity index (χ2v) is 5.29. The third-order valence-corrected chi connectivity index (χ3v) is 3.84. The highest BCUT2D eigenvalue weighted by Crippen LogP contribution is 2.11. The Bertz CT molecular complexity index is 432. The molecule has 1 aromatic rings. The molecule has 5 heteroatoms. The molecule has 1 heterocycles. The number of amides is 1. The van der Waals surface area contributed by atoms with Crippen LogP contribution in [0.4, 0.5) is 0 Å². The van der Waals surface area contributed by atoms with Crippen LogP contribution in [0.1, 0.15) is 12.5 Å². The maximum absolute atomic E-state index is 12.6. The summed E-state index contributed by atoms with van der Waals surface area (Å²) in [5.41, 5.74) is 1.15. The first-order valence-corrected chi connectivity index (χ1v) is 7.47. The monoisotopic (exact) mass is 292 g/mol. The summed E-state index contributed by atoms with van der Waals surface area (Å²) in [6.45, 7) is 5.64. The lowest BCUT2D eigenvalue weighted by Crippen LogP contribution is -2.51. The van der Waals surface area contributed by atoms with Crippen LogP contribution in [0.3, 0.4) is 0 Å². The Labute approximate surface area is 126 Å². The largest absolute Gasteiger partial charge is 0.395 e. The summed E-state index contributed by atoms with van der Waals surface area (Å²) in [4.78, 5) is 16.4. The second-order valence-electron chi connectivity index (χ2n) is 5.29. The molecule has 1 saturated heterocycles. The molecule has 0 bridgehead atoms. The van der Waals surface area contributed by atoms with Gasteiger partial charge in [0.1, 0.15) is 0 Å². The molecular formula is C16H24N2O3. The lowest BCUT2D eigenvalue weighted by atomic mass is 10.1. The number of morpholine rings is 1. The lowest BCUT2D eigenvalue weighted by Gasteiger charge is -2.34. The average Bonchev–Trinajstić information content (AvgIpc) is 2.55. The van der Waals surface area contributed by atoms with E-state index in [1.807, 2.05) is 47.1 Å². The Balaban J connectivity index is 2.00. The first-order chi connectivity index (χ1) is 10.2. The van der Waals surface area contributed by atoms with E-state index >= 15 is 0 Å². The predicted octanol–water partition coefficient (Wildman–Crippen LogP) is 0.728. The number of carbonyl (C=O) groups is 1. The summed E-state index contributed by atoms with van der Waals surface area (Å²) in [6, 6.07) is 9.78. The minimum absolute atomic E-state index is 0.0492. The Morgan fingerprint density at radius 2 is 2.00 bits per heavy atom. The quantitative estimate of drug-likeness (QED) is 0.840. The van der Waals surface area contributed by atoms with Crippen molar-refractivity contribution in [2.75, 3.05) is 39.5 Å². The molecule has 116 valence electrons. The van der Waals surface area contributed by atoms with Crippen LogP contribution in [0, 0.1) is 0 Å². The van der Waals surface area contributed by atoms with Gasteiger partial charge in [0, 0.05) is 26.2 Å². The van der Waals surface area contributed by atoms with Gasteiger partial charge in [0.15, 0.2) is 0 Å². The zero-order valence-corrected chi connectivity index (χ0v) is 12.6. The van der Waals surface area contributed by atoms with Crippen LogP contribution in [-0.2, 0) is 16.1 Å². The van der Waals surface area contributed by atoms with E-state index in [1.54, 1.807) is 0 Å². The normalized spacial score (nSPS) is 17.0. The molecule has 1 aliphatic rings. The predicted molar refractivity (Wildman–Crippen MR) is 80.8 cm³/mol. The maximum Gasteiger partial charge on any atom is 0.239 e. The molecule has 1 N–H and O–H groups in total. The minimum atomic E-state index is -0.240. The first kappa shape index (κ1) is 15.9. The molecule has 1 aliphatic heterocycles. The molecule has 0 spiro atoms. The van der Waals surface area contributed by atoms with E-state index in [2.05, 4.69) is 0 Å². The van der Waals surface area contributed by atoms with Gasteiger partial charge in [-0.25, -0.2) is 0 Å². The molecule has 21 heavy (non-hydrogen) atoms. The number of ether oxygens (including phenoxy) is 1. The molecule has 0 aliphatic carbocycles. The third-order valence-electron chi connectivity index (χ3n) is 3.84. The van der Waals surface area contributed by atoms with Crippen molar-refractivity contribution >= 4 is 5.91 Å². The van der Waals surface area contributed by atoms with Crippen molar-refractivity contribution in [2.24, 2.45) is 0 Å². The van der Waals surface area contributed by atoms with Crippen LogP contribution in [0.25, 0.3) is 0 Å². The summed E-state index contributed by atoms with van der Waals surface area (Å²) in [5, 5.41) is 9.27. The first-order valence-electron chi connectivity index (χ1n) is 7.47. The van der Waals surface area contributed by atoms with Gasteiger partial charge >= 0.3 is 0 Å². The Kier molecular flexibility index (Phi) is 6.17. The number of benzene rings is 1. The Hall–Kier alpha value is -1.43. The SMILES string of the molecule is CC(C(=O)N1CCOCC1)N(CCO)Cc1ccccc1. The molecule has 2 rings (SSSR count). The fraction of sp³-hybridized carbons (Fsp3) is 0.562. The van der Waals surface area contributed by atoms with E-state index in [-0.39, 0.29) is 18.6 Å². The van der Waals surface area contributed by atoms with Crippen LogP contribution in [0.5, 0.6) is 0 Å². The van der Waals surface area contributed by atoms with Crippen LogP contribution >= 0.6 is 0 Å². The van der Waals surface area contributed by atoms with Gasteiger partial charge < -0.3 is 14.7 Å². The molecule has 1 unspecified atom stereocenters. The van der Waals surface area contributed by atoms with E-state index < -0.39 is 0 Å². The average molecular weight is 292 g/mol. The summed E-state index contributed by atoms with van der Waals surface area (Å²) < 4.78 is 5.29. The van der Waals surface area contributed by atoms with Gasteiger partial charge in [0.05, 0.1) is 25.9 Å². The lowest BCUT2D eigenvalue weighted by molar-refractivity contribution is -0.140. The van der Waals surface area contributed by atoms with Crippen molar-refractivity contribution < 1.29 is 14.6 Å². The molecule has 5 nitrogen and oxygen atoms in total. The van der Waals surface area contributed by atoms with Crippen LogP contribution in [-0.4, -0.2) is 66.3 Å². The molecule has 1 aromatic carbocycles. The number of rotatable bonds is 6. The van der Waals surface area contributed by atoms with Gasteiger partial charge in [-0.15, -0.1) is 0 Å². The number of hydrogen-bond donors (Lipinski definition) is 1. The van der Waals surface area contributed by atoms with Crippen molar-refractivity contribution in [2.45, 2.75) is 19.5 Å². The highest BCUT2D eigenvalue weighted by molar-refractivity contribution is 5.81. The van der Waals surface area contributed by atoms with Crippen LogP contribution in [0.2, 0.25) is 0 Å². The molecule has 1 atom stereocenters. The summed E-state index contributed by atoms with van der Waals surface area (Å²) >= 11 is 0. The van der Waals surface area contributed by atoms with Gasteiger partial charge in [-0.3, -0.25) is 9.69 Å². The van der Waals surface area contributed by atoms with E-state index in [0.29, 0.717) is 39.4 Å². The third kappa shape index (κ3) is 4.52. The Morgan fingerprint density at radius 1 is 1.33 bits per heavy atom. The van der Waals surface area contributed by atoms with Crippen LogP contribution in [0.15, 0.2) is 30.3 Å². The smallest absolute Gasteiger partial charge is 0.239 e. The molecule has 0 saturated carbocycles. The number of aliphatic hydroxyl groups is 1. The van der Waals surface area contributed by atoms with Gasteiger partial charge in [-0.2, -0.15) is 0 Å². The molecule has 1 fully saturated rings. The molecular weight excluding hydrogens is 268 g/mol. The zero-order valence-electron chi connectivity index (χ0n) is 12.6. The fourth-order valence-electron chi connectivity index (χ4n) is 2.56. The van der Waals surface area contributed by atoms with E-state index in [0.717, 1.165) is 5.56 Å². The van der Waals surface area contributed by atoms with E-state index in [9.17, 15) is 9.90 Å². The van der Waals surface area contributed by atoms with E-state index in [4.69, 9.17) is 4.74 Å². The van der Waals surface area contributed by atoms with Crippen molar-refractivity contribution in [1.29, 1.82) is 0 Å². The standard InChI is InChI=1S/C16H24N2O3/c1-14(16(20)17-8-11-21-12-9-17)18(7-10-19)13-15-5-3-2-4-6-15/h2-6,14,19H,7-13H2,1H3.